The summed E-state index contributed by atoms with van der Waals surface area (Å²) in [6, 6.07) is 0. The summed E-state index contributed by atoms with van der Waals surface area (Å²) in [7, 11) is -4.10. The van der Waals surface area contributed by atoms with Gasteiger partial charge in [-0.15, -0.1) is 0 Å². The molecule has 0 bridgehead atoms. The molecule has 4 nitrogen and oxygen atoms in total. The zero-order chi connectivity index (χ0) is 11.4. The van der Waals surface area contributed by atoms with E-state index in [-0.39, 0.29) is 55.7 Å². The molecule has 10 heteroatoms. The third kappa shape index (κ3) is 2.60. The minimum atomic E-state index is -5.31. The van der Waals surface area contributed by atoms with Crippen LogP contribution in [-0.2, 0) is 14.8 Å². The van der Waals surface area contributed by atoms with Crippen LogP contribution in [0.25, 0.3) is 0 Å². The number of carbonyl (C=O) groups excluding carboxylic acids is 1. The minimum absolute atomic E-state index is 0. The Bertz CT molecular complexity index is 379. The number of carbonyl (C=O) groups is 1. The van der Waals surface area contributed by atoms with Gasteiger partial charge in [-0.25, -0.2) is 8.42 Å². The Kier molecular flexibility index (Phi) is 4.56. The number of rotatable bonds is 2. The van der Waals surface area contributed by atoms with Crippen molar-refractivity contribution in [3.8, 4) is 0 Å². The van der Waals surface area contributed by atoms with Crippen molar-refractivity contribution >= 4 is 22.9 Å². The average Bonchev–Trinajstić information content (AvgIpc) is 1.96. The fourth-order valence-electron chi connectivity index (χ4n) is 1.13. The number of sulfonamides is 1. The van der Waals surface area contributed by atoms with E-state index in [4.69, 9.17) is 0 Å². The Morgan fingerprint density at radius 3 is 2.00 bits per heavy atom. The second kappa shape index (κ2) is 4.30. The van der Waals surface area contributed by atoms with Gasteiger partial charge < -0.3 is 12.9 Å². The minimum Gasteiger partial charge on any atom is -0.448 e. The van der Waals surface area contributed by atoms with Gasteiger partial charge in [-0.2, -0.15) is 0 Å². The van der Waals surface area contributed by atoms with E-state index in [2.05, 4.69) is 0 Å². The van der Waals surface area contributed by atoms with Crippen LogP contribution >= 0.6 is 0 Å². The van der Waals surface area contributed by atoms with Crippen LogP contribution in [0.1, 0.15) is 13.8 Å². The second-order valence-electron chi connectivity index (χ2n) is 3.56. The predicted octanol–water partition coefficient (Wildman–Crippen LogP) is -2.67. The Labute approximate surface area is 128 Å². The van der Waals surface area contributed by atoms with Crippen LogP contribution < -0.4 is 51.4 Å². The fourth-order valence-corrected chi connectivity index (χ4v) is 2.69. The topological polar surface area (TPSA) is 54.5 Å². The zero-order valence-electron chi connectivity index (χ0n) is 8.50. The molecule has 0 aromatic rings. The molecule has 82 valence electrons. The van der Waals surface area contributed by atoms with E-state index >= 15 is 0 Å². The van der Waals surface area contributed by atoms with E-state index in [9.17, 15) is 26.2 Å². The number of hydrogen-bond donors (Lipinski definition) is 0. The molecule has 1 amide bonds. The van der Waals surface area contributed by atoms with Gasteiger partial charge >= 0.3 is 58.4 Å². The van der Waals surface area contributed by atoms with Crippen molar-refractivity contribution in [2.45, 2.75) is 18.6 Å². The molecule has 1 fully saturated rings. The molecular formula is C5H8BF3KNO3S. The van der Waals surface area contributed by atoms with Gasteiger partial charge in [0.2, 0.25) is 10.0 Å². The number of nitrogens with zero attached hydrogens (tertiary/aromatic N) is 1. The summed E-state index contributed by atoms with van der Waals surface area (Å²) in [5.41, 5.74) is 0. The van der Waals surface area contributed by atoms with Crippen LogP contribution in [0.5, 0.6) is 0 Å². The number of amides is 1. The Morgan fingerprint density at radius 2 is 1.73 bits per heavy atom. The first kappa shape index (κ1) is 15.9. The van der Waals surface area contributed by atoms with E-state index < -0.39 is 34.1 Å². The largest absolute Gasteiger partial charge is 1.00 e. The maximum atomic E-state index is 11.9. The van der Waals surface area contributed by atoms with Gasteiger partial charge in [-0.05, 0) is 13.8 Å². The summed E-state index contributed by atoms with van der Waals surface area (Å²) in [6.45, 7) is -3.13. The molecule has 0 radical (unpaired) electrons. The van der Waals surface area contributed by atoms with E-state index in [1.807, 2.05) is 0 Å². The first-order valence-corrected chi connectivity index (χ1v) is 5.22. The maximum absolute atomic E-state index is 11.9. The molecule has 1 heterocycles. The van der Waals surface area contributed by atoms with Gasteiger partial charge in [-0.1, -0.05) is 0 Å². The average molecular weight is 269 g/mol. The van der Waals surface area contributed by atoms with Crippen molar-refractivity contribution in [3.05, 3.63) is 0 Å². The molecule has 0 saturated carbocycles. The molecule has 0 N–H and O–H groups in total. The summed E-state index contributed by atoms with van der Waals surface area (Å²) in [5, 5.41) is 0. The van der Waals surface area contributed by atoms with Crippen molar-refractivity contribution in [1.82, 2.24) is 4.31 Å². The van der Waals surface area contributed by atoms with Crippen molar-refractivity contribution in [1.29, 1.82) is 0 Å². The van der Waals surface area contributed by atoms with Gasteiger partial charge in [0.1, 0.15) is 0 Å². The van der Waals surface area contributed by atoms with Crippen LogP contribution in [0.4, 0.5) is 12.9 Å². The van der Waals surface area contributed by atoms with Crippen LogP contribution in [0, 0.1) is 0 Å². The van der Waals surface area contributed by atoms with Gasteiger partial charge in [0.15, 0.2) is 4.75 Å². The van der Waals surface area contributed by atoms with Crippen molar-refractivity contribution < 1.29 is 77.5 Å². The SMILES string of the molecule is CC1(C)C(=O)N(C[B-](F)(F)F)S1(=O)=O.[K+]. The Hall–Kier alpha value is 0.911. The second-order valence-corrected chi connectivity index (χ2v) is 5.97. The standard InChI is InChI=1S/C5H8BF3NO3S.K/c1-5(2)4(11)10(14(5,12)13)3-6(7,8)9;/h3H2,1-2H3;/q-1;+1. The van der Waals surface area contributed by atoms with E-state index in [0.717, 1.165) is 13.8 Å². The monoisotopic (exact) mass is 269 g/mol. The molecule has 1 aliphatic rings. The molecule has 1 saturated heterocycles. The fraction of sp³-hybridized carbons (Fsp3) is 0.800. The molecule has 0 aromatic heterocycles. The summed E-state index contributed by atoms with van der Waals surface area (Å²) < 4.78 is 56.2. The van der Waals surface area contributed by atoms with Gasteiger partial charge in [0, 0.05) is 6.44 Å². The summed E-state index contributed by atoms with van der Waals surface area (Å²) in [5.74, 6) is -1.00. The van der Waals surface area contributed by atoms with Gasteiger partial charge in [-0.3, -0.25) is 9.10 Å². The molecule has 1 aliphatic heterocycles. The van der Waals surface area contributed by atoms with E-state index in [1.165, 1.54) is 0 Å². The van der Waals surface area contributed by atoms with Crippen molar-refractivity contribution in [2.24, 2.45) is 0 Å². The zero-order valence-corrected chi connectivity index (χ0v) is 12.4. The van der Waals surface area contributed by atoms with Crippen LogP contribution in [-0.4, -0.2) is 36.8 Å². The number of hydrogen-bond acceptors (Lipinski definition) is 3. The normalized spacial score (nSPS) is 23.0. The summed E-state index contributed by atoms with van der Waals surface area (Å²) in [4.78, 5) is 11.0. The molecule has 0 aliphatic carbocycles. The molecule has 0 unspecified atom stereocenters. The quantitative estimate of drug-likeness (QED) is 0.514. The molecular weight excluding hydrogens is 261 g/mol. The molecule has 1 rings (SSSR count). The van der Waals surface area contributed by atoms with E-state index in [0.29, 0.717) is 0 Å². The molecule has 0 aromatic carbocycles. The Morgan fingerprint density at radius 1 is 1.33 bits per heavy atom. The first-order chi connectivity index (χ1) is 6.00. The van der Waals surface area contributed by atoms with Gasteiger partial charge in [0.05, 0.1) is 0 Å². The van der Waals surface area contributed by atoms with Crippen LogP contribution in [0.2, 0.25) is 0 Å². The third-order valence-corrected chi connectivity index (χ3v) is 4.41. The molecule has 0 atom stereocenters. The number of halogens is 3. The third-order valence-electron chi connectivity index (χ3n) is 2.05. The van der Waals surface area contributed by atoms with Crippen molar-refractivity contribution in [2.75, 3.05) is 6.44 Å². The van der Waals surface area contributed by atoms with Crippen LogP contribution in [0.15, 0.2) is 0 Å². The summed E-state index contributed by atoms with van der Waals surface area (Å²) >= 11 is 0. The molecule has 15 heavy (non-hydrogen) atoms. The first-order valence-electron chi connectivity index (χ1n) is 3.78. The smallest absolute Gasteiger partial charge is 0.448 e. The maximum Gasteiger partial charge on any atom is 1.00 e. The van der Waals surface area contributed by atoms with Gasteiger partial charge in [0.25, 0.3) is 5.91 Å². The van der Waals surface area contributed by atoms with Crippen molar-refractivity contribution in [3.63, 3.8) is 0 Å². The summed E-state index contributed by atoms with van der Waals surface area (Å²) in [6.07, 6.45) is -1.68. The predicted molar refractivity (Wildman–Crippen MR) is 43.8 cm³/mol. The Balaban J connectivity index is 0.00000196. The molecule has 0 spiro atoms. The van der Waals surface area contributed by atoms with Crippen LogP contribution in [0.3, 0.4) is 0 Å². The van der Waals surface area contributed by atoms with E-state index in [1.54, 1.807) is 0 Å².